The highest BCUT2D eigenvalue weighted by Gasteiger charge is 2.17. The monoisotopic (exact) mass is 549 g/mol. The highest BCUT2D eigenvalue weighted by atomic mass is 15.0. The topological polar surface area (TPSA) is 30.2 Å². The van der Waals surface area contributed by atoms with E-state index in [0.717, 1.165) is 50.5 Å². The van der Waals surface area contributed by atoms with Crippen molar-refractivity contribution in [1.29, 1.82) is 0 Å². The van der Waals surface area contributed by atoms with Gasteiger partial charge in [0.15, 0.2) is 0 Å². The molecule has 0 saturated carbocycles. The van der Waals surface area contributed by atoms with Gasteiger partial charge in [0.1, 0.15) is 5.65 Å². The average molecular weight is 550 g/mol. The number of rotatable bonds is 5. The van der Waals surface area contributed by atoms with Gasteiger partial charge in [-0.1, -0.05) is 103 Å². The predicted octanol–water partition coefficient (Wildman–Crippen LogP) is 10.2. The Balaban J connectivity index is 1.34. The average Bonchev–Trinajstić information content (AvgIpc) is 3.48. The Bertz CT molecular complexity index is 2230. The molecule has 3 nitrogen and oxygen atoms in total. The van der Waals surface area contributed by atoms with Crippen LogP contribution in [-0.4, -0.2) is 14.4 Å². The van der Waals surface area contributed by atoms with Gasteiger partial charge in [0, 0.05) is 29.1 Å². The maximum Gasteiger partial charge on any atom is 0.137 e. The second kappa shape index (κ2) is 10.6. The fourth-order valence-electron chi connectivity index (χ4n) is 6.02. The van der Waals surface area contributed by atoms with Crippen molar-refractivity contribution in [2.24, 2.45) is 0 Å². The normalized spacial score (nSPS) is 11.3. The molecule has 0 radical (unpaired) electrons. The van der Waals surface area contributed by atoms with Crippen LogP contribution in [-0.2, 0) is 0 Å². The molecule has 3 aromatic heterocycles. The summed E-state index contributed by atoms with van der Waals surface area (Å²) in [6.07, 6.45) is 3.95. The predicted molar refractivity (Wildman–Crippen MR) is 178 cm³/mol. The Hall–Kier alpha value is -5.80. The first-order chi connectivity index (χ1) is 21.3. The minimum absolute atomic E-state index is 0.928. The van der Waals surface area contributed by atoms with E-state index in [4.69, 9.17) is 9.97 Å². The van der Waals surface area contributed by atoms with Crippen molar-refractivity contribution in [3.63, 3.8) is 0 Å². The van der Waals surface area contributed by atoms with E-state index in [0.29, 0.717) is 0 Å². The van der Waals surface area contributed by atoms with Crippen LogP contribution in [0.2, 0.25) is 0 Å². The standard InChI is InChI=1S/C40H27N3/c1-2-13-29(14-3-1)39-40(43-23-9-7-21-38(43)42-39)31-17-10-16-30(24-31)32-25-33(27-34(26-32)37-20-6-8-22-41-37)36-19-11-15-28-12-4-5-18-35(28)36/h1-27H. The summed E-state index contributed by atoms with van der Waals surface area (Å²) in [5.41, 5.74) is 11.9. The largest absolute Gasteiger partial charge is 0.299 e. The first-order valence-electron chi connectivity index (χ1n) is 14.5. The molecule has 0 aliphatic rings. The van der Waals surface area contributed by atoms with E-state index in [-0.39, 0.29) is 0 Å². The van der Waals surface area contributed by atoms with Crippen LogP contribution >= 0.6 is 0 Å². The maximum atomic E-state index is 5.05. The molecule has 43 heavy (non-hydrogen) atoms. The van der Waals surface area contributed by atoms with E-state index in [1.165, 1.54) is 21.9 Å². The molecule has 0 aliphatic heterocycles. The minimum Gasteiger partial charge on any atom is -0.299 e. The van der Waals surface area contributed by atoms with Crippen molar-refractivity contribution in [2.75, 3.05) is 0 Å². The second-order valence-corrected chi connectivity index (χ2v) is 10.7. The van der Waals surface area contributed by atoms with Crippen molar-refractivity contribution in [3.05, 3.63) is 164 Å². The minimum atomic E-state index is 0.928. The number of nitrogens with zero attached hydrogens (tertiary/aromatic N) is 3. The van der Waals surface area contributed by atoms with Gasteiger partial charge in [0.2, 0.25) is 0 Å². The SMILES string of the molecule is c1ccc(-c2nc3ccccn3c2-c2cccc(-c3cc(-c4ccccn4)cc(-c4cccc5ccccc45)c3)c2)cc1. The van der Waals surface area contributed by atoms with Gasteiger partial charge in [0.25, 0.3) is 0 Å². The molecular weight excluding hydrogens is 522 g/mol. The third-order valence-corrected chi connectivity index (χ3v) is 8.04. The van der Waals surface area contributed by atoms with Crippen LogP contribution in [0.1, 0.15) is 0 Å². The van der Waals surface area contributed by atoms with Gasteiger partial charge in [-0.25, -0.2) is 4.98 Å². The lowest BCUT2D eigenvalue weighted by Gasteiger charge is -2.14. The van der Waals surface area contributed by atoms with Crippen molar-refractivity contribution in [2.45, 2.75) is 0 Å². The maximum absolute atomic E-state index is 5.05. The molecule has 0 fully saturated rings. The summed E-state index contributed by atoms with van der Waals surface area (Å²) in [4.78, 5) is 9.76. The number of benzene rings is 5. The lowest BCUT2D eigenvalue weighted by atomic mass is 9.91. The Kier molecular flexibility index (Phi) is 6.12. The van der Waals surface area contributed by atoms with Gasteiger partial charge in [-0.3, -0.25) is 9.38 Å². The Morgan fingerprint density at radius 1 is 0.465 bits per heavy atom. The number of aromatic nitrogens is 3. The Morgan fingerprint density at radius 3 is 2.07 bits per heavy atom. The van der Waals surface area contributed by atoms with Gasteiger partial charge in [-0.05, 0) is 81.6 Å². The molecule has 0 saturated heterocycles. The number of imidazole rings is 1. The number of pyridine rings is 2. The molecular formula is C40H27N3. The molecule has 5 aromatic carbocycles. The van der Waals surface area contributed by atoms with Crippen LogP contribution in [0, 0.1) is 0 Å². The molecule has 3 heterocycles. The summed E-state index contributed by atoms with van der Waals surface area (Å²) in [7, 11) is 0. The molecule has 0 atom stereocenters. The van der Waals surface area contributed by atoms with E-state index >= 15 is 0 Å². The molecule has 0 aliphatic carbocycles. The summed E-state index contributed by atoms with van der Waals surface area (Å²) >= 11 is 0. The van der Waals surface area contributed by atoms with Crippen LogP contribution in [0.4, 0.5) is 0 Å². The van der Waals surface area contributed by atoms with Crippen LogP contribution < -0.4 is 0 Å². The molecule has 0 unspecified atom stereocenters. The van der Waals surface area contributed by atoms with Gasteiger partial charge in [-0.2, -0.15) is 0 Å². The summed E-state index contributed by atoms with van der Waals surface area (Å²) in [6.45, 7) is 0. The third kappa shape index (κ3) is 4.58. The molecule has 0 N–H and O–H groups in total. The van der Waals surface area contributed by atoms with Crippen LogP contribution in [0.25, 0.3) is 72.4 Å². The molecule has 0 bridgehead atoms. The highest BCUT2D eigenvalue weighted by Crippen LogP contribution is 2.38. The molecule has 0 amide bonds. The van der Waals surface area contributed by atoms with Gasteiger partial charge in [-0.15, -0.1) is 0 Å². The van der Waals surface area contributed by atoms with Crippen molar-refractivity contribution < 1.29 is 0 Å². The smallest absolute Gasteiger partial charge is 0.137 e. The molecule has 8 rings (SSSR count). The summed E-state index contributed by atoms with van der Waals surface area (Å²) in [5.74, 6) is 0. The van der Waals surface area contributed by atoms with E-state index in [1.807, 2.05) is 30.5 Å². The molecule has 0 spiro atoms. The van der Waals surface area contributed by atoms with Gasteiger partial charge >= 0.3 is 0 Å². The third-order valence-electron chi connectivity index (χ3n) is 8.04. The number of fused-ring (bicyclic) bond motifs is 2. The second-order valence-electron chi connectivity index (χ2n) is 10.7. The summed E-state index contributed by atoms with van der Waals surface area (Å²) < 4.78 is 2.19. The van der Waals surface area contributed by atoms with Crippen molar-refractivity contribution in [1.82, 2.24) is 14.4 Å². The first-order valence-corrected chi connectivity index (χ1v) is 14.5. The zero-order valence-corrected chi connectivity index (χ0v) is 23.4. The number of hydrogen-bond acceptors (Lipinski definition) is 2. The summed E-state index contributed by atoms with van der Waals surface area (Å²) in [5, 5.41) is 2.47. The van der Waals surface area contributed by atoms with Gasteiger partial charge in [0.05, 0.1) is 17.1 Å². The molecule has 3 heteroatoms. The fourth-order valence-corrected chi connectivity index (χ4v) is 6.02. The lowest BCUT2D eigenvalue weighted by Crippen LogP contribution is -1.91. The van der Waals surface area contributed by atoms with E-state index in [2.05, 4.69) is 138 Å². The number of hydrogen-bond donors (Lipinski definition) is 0. The zero-order valence-electron chi connectivity index (χ0n) is 23.4. The summed E-state index contributed by atoms with van der Waals surface area (Å²) in [6, 6.07) is 53.4. The van der Waals surface area contributed by atoms with E-state index in [1.54, 1.807) is 0 Å². The van der Waals surface area contributed by atoms with Crippen LogP contribution in [0.5, 0.6) is 0 Å². The quantitative estimate of drug-likeness (QED) is 0.214. The van der Waals surface area contributed by atoms with Crippen molar-refractivity contribution >= 4 is 16.4 Å². The van der Waals surface area contributed by atoms with Crippen LogP contribution in [0.3, 0.4) is 0 Å². The first kappa shape index (κ1) is 25.0. The van der Waals surface area contributed by atoms with Crippen LogP contribution in [0.15, 0.2) is 164 Å². The molecule has 8 aromatic rings. The van der Waals surface area contributed by atoms with Gasteiger partial charge < -0.3 is 0 Å². The highest BCUT2D eigenvalue weighted by molar-refractivity contribution is 5.98. The van der Waals surface area contributed by atoms with E-state index in [9.17, 15) is 0 Å². The Morgan fingerprint density at radius 2 is 1.16 bits per heavy atom. The lowest BCUT2D eigenvalue weighted by molar-refractivity contribution is 1.19. The fraction of sp³-hybridized carbons (Fsp3) is 0. The van der Waals surface area contributed by atoms with Crippen molar-refractivity contribution in [3.8, 4) is 56.0 Å². The Labute approximate surface area is 250 Å². The van der Waals surface area contributed by atoms with E-state index < -0.39 is 0 Å². The zero-order chi connectivity index (χ0) is 28.6. The molecule has 202 valence electrons.